The first-order valence-corrected chi connectivity index (χ1v) is 7.51. The summed E-state index contributed by atoms with van der Waals surface area (Å²) in [6, 6.07) is 10.1. The normalized spacial score (nSPS) is 10.8. The Bertz CT molecular complexity index is 923. The maximum atomic E-state index is 14.7. The van der Waals surface area contributed by atoms with Crippen LogP contribution in [0.2, 0.25) is 5.02 Å². The first-order valence-electron chi connectivity index (χ1n) is 7.14. The number of halogens is 2. The fraction of sp³-hybridized carbons (Fsp3) is 0.0588. The highest BCUT2D eigenvalue weighted by Gasteiger charge is 2.22. The van der Waals surface area contributed by atoms with E-state index in [9.17, 15) is 9.18 Å². The lowest BCUT2D eigenvalue weighted by molar-refractivity contribution is 0.254. The number of nitrogens with two attached hydrogens (primary N) is 1. The summed E-state index contributed by atoms with van der Waals surface area (Å²) >= 11 is 6.18. The molecular formula is C17H14ClFN4O. The number of aromatic amines is 1. The largest absolute Gasteiger partial charge is 0.351 e. The number of amides is 2. The summed E-state index contributed by atoms with van der Waals surface area (Å²) < 4.78 is 14.7. The van der Waals surface area contributed by atoms with Crippen molar-refractivity contribution in [2.45, 2.75) is 0 Å². The number of anilines is 1. The van der Waals surface area contributed by atoms with Crippen LogP contribution >= 0.6 is 11.6 Å². The van der Waals surface area contributed by atoms with Crippen LogP contribution in [0.5, 0.6) is 0 Å². The number of hydrogen-bond donors (Lipinski definition) is 2. The number of fused-ring (bicyclic) bond motifs is 1. The summed E-state index contributed by atoms with van der Waals surface area (Å²) in [5, 5.41) is 7.00. The first kappa shape index (κ1) is 16.0. The summed E-state index contributed by atoms with van der Waals surface area (Å²) in [6.07, 6.45) is 1.51. The van der Waals surface area contributed by atoms with Crippen molar-refractivity contribution >= 4 is 34.4 Å². The predicted molar refractivity (Wildman–Crippen MR) is 93.6 cm³/mol. The van der Waals surface area contributed by atoms with E-state index in [0.717, 1.165) is 5.56 Å². The SMILES string of the molecule is C=CCN(C(N)=O)c1n[nH]c2c(F)c(Cl)c(-c3ccccc3)cc12. The third kappa shape index (κ3) is 2.61. The molecule has 0 unspecified atom stereocenters. The van der Waals surface area contributed by atoms with Crippen LogP contribution in [0.3, 0.4) is 0 Å². The number of primary amides is 1. The molecule has 0 saturated heterocycles. The number of hydrogen-bond acceptors (Lipinski definition) is 2. The minimum Gasteiger partial charge on any atom is -0.351 e. The van der Waals surface area contributed by atoms with Crippen LogP contribution in [-0.2, 0) is 0 Å². The van der Waals surface area contributed by atoms with Crippen molar-refractivity contribution < 1.29 is 9.18 Å². The number of carbonyl (C=O) groups excluding carboxylic acids is 1. The molecule has 1 heterocycles. The number of rotatable bonds is 4. The van der Waals surface area contributed by atoms with Gasteiger partial charge in [-0.1, -0.05) is 48.0 Å². The molecule has 2 aromatic carbocycles. The van der Waals surface area contributed by atoms with Gasteiger partial charge in [0, 0.05) is 17.5 Å². The monoisotopic (exact) mass is 344 g/mol. The van der Waals surface area contributed by atoms with Gasteiger partial charge in [0.05, 0.1) is 5.02 Å². The van der Waals surface area contributed by atoms with Crippen molar-refractivity contribution in [3.05, 3.63) is 59.9 Å². The van der Waals surface area contributed by atoms with Crippen LogP contribution in [0.25, 0.3) is 22.0 Å². The van der Waals surface area contributed by atoms with Crippen LogP contribution < -0.4 is 10.6 Å². The Morgan fingerprint density at radius 3 is 2.75 bits per heavy atom. The summed E-state index contributed by atoms with van der Waals surface area (Å²) in [5.41, 5.74) is 6.77. The number of nitrogens with zero attached hydrogens (tertiary/aromatic N) is 2. The number of carbonyl (C=O) groups is 1. The average molecular weight is 345 g/mol. The van der Waals surface area contributed by atoms with E-state index in [0.29, 0.717) is 10.9 Å². The Morgan fingerprint density at radius 2 is 2.12 bits per heavy atom. The Balaban J connectivity index is 2.27. The summed E-state index contributed by atoms with van der Waals surface area (Å²) in [6.45, 7) is 3.74. The van der Waals surface area contributed by atoms with Crippen molar-refractivity contribution in [1.82, 2.24) is 10.2 Å². The number of nitrogens with one attached hydrogen (secondary N) is 1. The van der Waals surface area contributed by atoms with Gasteiger partial charge in [0.1, 0.15) is 5.52 Å². The zero-order chi connectivity index (χ0) is 17.3. The molecule has 3 aromatic rings. The fourth-order valence-corrected chi connectivity index (χ4v) is 2.78. The number of benzene rings is 2. The van der Waals surface area contributed by atoms with E-state index >= 15 is 0 Å². The summed E-state index contributed by atoms with van der Waals surface area (Å²) in [5.74, 6) is -0.403. The second kappa shape index (κ2) is 6.33. The Kier molecular flexibility index (Phi) is 4.22. The highest BCUT2D eigenvalue weighted by Crippen LogP contribution is 2.37. The molecule has 2 amide bonds. The molecule has 1 aromatic heterocycles. The molecule has 3 N–H and O–H groups in total. The van der Waals surface area contributed by atoms with Crippen LogP contribution in [0.15, 0.2) is 49.1 Å². The van der Waals surface area contributed by atoms with E-state index in [2.05, 4.69) is 16.8 Å². The molecule has 7 heteroatoms. The molecule has 0 aliphatic rings. The van der Waals surface area contributed by atoms with Crippen LogP contribution in [0, 0.1) is 5.82 Å². The van der Waals surface area contributed by atoms with Gasteiger partial charge in [-0.2, -0.15) is 5.10 Å². The molecule has 0 saturated carbocycles. The van der Waals surface area contributed by atoms with Gasteiger partial charge in [-0.15, -0.1) is 6.58 Å². The molecule has 0 aliphatic heterocycles. The standard InChI is InChI=1S/C17H14ClFN4O/c1-2-8-23(17(20)24)16-12-9-11(10-6-4-3-5-7-10)13(18)14(19)15(12)21-22-16/h2-7,9H,1,8H2,(H2,20,24)(H,21,22). The van der Waals surface area contributed by atoms with Crippen molar-refractivity contribution in [3.8, 4) is 11.1 Å². The average Bonchev–Trinajstić information content (AvgIpc) is 3.00. The topological polar surface area (TPSA) is 75.0 Å². The predicted octanol–water partition coefficient (Wildman–Crippen LogP) is 4.09. The van der Waals surface area contributed by atoms with Gasteiger partial charge in [-0.3, -0.25) is 10.00 Å². The fourth-order valence-electron chi connectivity index (χ4n) is 2.52. The van der Waals surface area contributed by atoms with Gasteiger partial charge in [-0.05, 0) is 11.6 Å². The molecule has 5 nitrogen and oxygen atoms in total. The van der Waals surface area contributed by atoms with E-state index in [1.807, 2.05) is 30.3 Å². The molecule has 0 fully saturated rings. The van der Waals surface area contributed by atoms with Crippen molar-refractivity contribution in [2.75, 3.05) is 11.4 Å². The number of aromatic nitrogens is 2. The molecule has 122 valence electrons. The quantitative estimate of drug-likeness (QED) is 0.699. The third-order valence-corrected chi connectivity index (χ3v) is 4.01. The molecule has 24 heavy (non-hydrogen) atoms. The highest BCUT2D eigenvalue weighted by atomic mass is 35.5. The second-order valence-electron chi connectivity index (χ2n) is 5.13. The van der Waals surface area contributed by atoms with Gasteiger partial charge in [0.15, 0.2) is 11.6 Å². The van der Waals surface area contributed by atoms with Crippen molar-refractivity contribution in [1.29, 1.82) is 0 Å². The Hall–Kier alpha value is -2.86. The van der Waals surface area contributed by atoms with E-state index in [-0.39, 0.29) is 22.9 Å². The molecule has 0 radical (unpaired) electrons. The molecule has 0 bridgehead atoms. The molecular weight excluding hydrogens is 331 g/mol. The van der Waals surface area contributed by atoms with Gasteiger partial charge in [0.2, 0.25) is 0 Å². The Morgan fingerprint density at radius 1 is 1.42 bits per heavy atom. The number of H-pyrrole nitrogens is 1. The smallest absolute Gasteiger partial charge is 0.320 e. The third-order valence-electron chi connectivity index (χ3n) is 3.64. The highest BCUT2D eigenvalue weighted by molar-refractivity contribution is 6.34. The summed E-state index contributed by atoms with van der Waals surface area (Å²) in [4.78, 5) is 12.9. The molecule has 0 spiro atoms. The second-order valence-corrected chi connectivity index (χ2v) is 5.50. The maximum Gasteiger partial charge on any atom is 0.320 e. The zero-order valence-corrected chi connectivity index (χ0v) is 13.3. The van der Waals surface area contributed by atoms with Gasteiger partial charge in [0.25, 0.3) is 0 Å². The zero-order valence-electron chi connectivity index (χ0n) is 12.6. The van der Waals surface area contributed by atoms with Crippen LogP contribution in [0.4, 0.5) is 15.0 Å². The van der Waals surface area contributed by atoms with Gasteiger partial charge < -0.3 is 5.73 Å². The Labute approximate surface area is 142 Å². The lowest BCUT2D eigenvalue weighted by Crippen LogP contribution is -2.36. The molecule has 0 aliphatic carbocycles. The van der Waals surface area contributed by atoms with E-state index in [1.54, 1.807) is 6.07 Å². The number of urea groups is 1. The van der Waals surface area contributed by atoms with Gasteiger partial charge in [-0.25, -0.2) is 9.18 Å². The van der Waals surface area contributed by atoms with Crippen LogP contribution in [0.1, 0.15) is 0 Å². The van der Waals surface area contributed by atoms with Crippen LogP contribution in [-0.4, -0.2) is 22.8 Å². The summed E-state index contributed by atoms with van der Waals surface area (Å²) in [7, 11) is 0. The van der Waals surface area contributed by atoms with Gasteiger partial charge >= 0.3 is 6.03 Å². The lowest BCUT2D eigenvalue weighted by atomic mass is 10.0. The maximum absolute atomic E-state index is 14.7. The van der Waals surface area contributed by atoms with Crippen molar-refractivity contribution in [2.24, 2.45) is 5.73 Å². The molecule has 0 atom stereocenters. The van der Waals surface area contributed by atoms with E-state index in [1.165, 1.54) is 11.0 Å². The minimum atomic E-state index is -0.708. The molecule has 3 rings (SSSR count). The first-order chi connectivity index (χ1) is 11.5. The van der Waals surface area contributed by atoms with E-state index in [4.69, 9.17) is 17.3 Å². The lowest BCUT2D eigenvalue weighted by Gasteiger charge is -2.16. The van der Waals surface area contributed by atoms with E-state index < -0.39 is 11.8 Å². The minimum absolute atomic E-state index is 0.0155. The van der Waals surface area contributed by atoms with Crippen molar-refractivity contribution in [3.63, 3.8) is 0 Å².